The molecule has 0 N–H and O–H groups in total. The number of hydrogen-bond donors (Lipinski definition) is 0. The van der Waals surface area contributed by atoms with Crippen molar-refractivity contribution in [2.24, 2.45) is 0 Å². The molecule has 0 fully saturated rings. The highest BCUT2D eigenvalue weighted by Crippen LogP contribution is 2.10. The van der Waals surface area contributed by atoms with Gasteiger partial charge in [0, 0.05) is 4.43 Å². The maximum absolute atomic E-state index is 2.40. The van der Waals surface area contributed by atoms with E-state index in [1.807, 2.05) is 0 Å². The molecule has 72 valence electrons. The molecule has 0 nitrogen and oxygen atoms in total. The number of halogens is 1. The third-order valence-corrected chi connectivity index (χ3v) is 3.13. The van der Waals surface area contributed by atoms with Gasteiger partial charge in [0.1, 0.15) is 0 Å². The van der Waals surface area contributed by atoms with Gasteiger partial charge in [0.05, 0.1) is 0 Å². The Balaban J connectivity index is 2.40. The van der Waals surface area contributed by atoms with Crippen molar-refractivity contribution in [2.45, 2.75) is 37.0 Å². The third kappa shape index (κ3) is 4.12. The van der Waals surface area contributed by atoms with E-state index < -0.39 is 0 Å². The average molecular weight is 288 g/mol. The number of benzene rings is 1. The Morgan fingerprint density at radius 3 is 2.15 bits per heavy atom. The van der Waals surface area contributed by atoms with Crippen LogP contribution >= 0.6 is 22.6 Å². The first-order valence-electron chi connectivity index (χ1n) is 5.00. The second kappa shape index (κ2) is 6.41. The molecule has 0 saturated heterocycles. The molecule has 1 rings (SSSR count). The van der Waals surface area contributed by atoms with Crippen LogP contribution < -0.4 is 0 Å². The van der Waals surface area contributed by atoms with E-state index >= 15 is 0 Å². The summed E-state index contributed by atoms with van der Waals surface area (Å²) in [4.78, 5) is 0. The minimum absolute atomic E-state index is 1.12. The Hall–Kier alpha value is -0.0500. The third-order valence-electron chi connectivity index (χ3n) is 2.25. The van der Waals surface area contributed by atoms with E-state index in [9.17, 15) is 0 Å². The molecule has 1 heteroatoms. The Kier molecular flexibility index (Phi) is 5.44. The Morgan fingerprint density at radius 1 is 1.00 bits per heavy atom. The molecule has 0 spiro atoms. The molecule has 0 radical (unpaired) electrons. The SMILES string of the molecule is CCCCCc1ccc(CI)cc1. The van der Waals surface area contributed by atoms with E-state index in [1.54, 1.807) is 0 Å². The van der Waals surface area contributed by atoms with Crippen LogP contribution in [-0.2, 0) is 10.8 Å². The molecule has 0 saturated carbocycles. The van der Waals surface area contributed by atoms with Gasteiger partial charge in [-0.15, -0.1) is 0 Å². The fourth-order valence-electron chi connectivity index (χ4n) is 1.37. The van der Waals surface area contributed by atoms with Crippen molar-refractivity contribution in [3.05, 3.63) is 35.4 Å². The summed E-state index contributed by atoms with van der Waals surface area (Å²) < 4.78 is 1.12. The van der Waals surface area contributed by atoms with Gasteiger partial charge in [0.25, 0.3) is 0 Å². The van der Waals surface area contributed by atoms with Gasteiger partial charge in [-0.3, -0.25) is 0 Å². The summed E-state index contributed by atoms with van der Waals surface area (Å²) in [5, 5.41) is 0. The topological polar surface area (TPSA) is 0 Å². The largest absolute Gasteiger partial charge is 0.0812 e. The summed E-state index contributed by atoms with van der Waals surface area (Å²) in [7, 11) is 0. The molecule has 0 aliphatic rings. The van der Waals surface area contributed by atoms with Crippen LogP contribution in [0.2, 0.25) is 0 Å². The monoisotopic (exact) mass is 288 g/mol. The molecular formula is C12H17I. The lowest BCUT2D eigenvalue weighted by molar-refractivity contribution is 0.717. The fourth-order valence-corrected chi connectivity index (χ4v) is 1.88. The van der Waals surface area contributed by atoms with Gasteiger partial charge in [0.15, 0.2) is 0 Å². The van der Waals surface area contributed by atoms with Crippen LogP contribution in [0.3, 0.4) is 0 Å². The molecule has 0 atom stereocenters. The summed E-state index contributed by atoms with van der Waals surface area (Å²) in [6.45, 7) is 2.25. The summed E-state index contributed by atoms with van der Waals surface area (Å²) in [5.41, 5.74) is 2.92. The van der Waals surface area contributed by atoms with Gasteiger partial charge in [-0.1, -0.05) is 66.6 Å². The molecule has 0 bridgehead atoms. The lowest BCUT2D eigenvalue weighted by Gasteiger charge is -2.01. The van der Waals surface area contributed by atoms with E-state index in [0.717, 1.165) is 4.43 Å². The zero-order valence-corrected chi connectivity index (χ0v) is 10.4. The normalized spacial score (nSPS) is 10.3. The van der Waals surface area contributed by atoms with Crippen LogP contribution in [-0.4, -0.2) is 0 Å². The van der Waals surface area contributed by atoms with E-state index in [1.165, 1.54) is 36.8 Å². The maximum Gasteiger partial charge on any atom is 0.0247 e. The fraction of sp³-hybridized carbons (Fsp3) is 0.500. The highest BCUT2D eigenvalue weighted by atomic mass is 127. The molecule has 0 aromatic heterocycles. The average Bonchev–Trinajstić information content (AvgIpc) is 2.19. The van der Waals surface area contributed by atoms with Crippen molar-refractivity contribution in [2.75, 3.05) is 0 Å². The second-order valence-electron chi connectivity index (χ2n) is 3.41. The van der Waals surface area contributed by atoms with Crippen LogP contribution in [0.25, 0.3) is 0 Å². The zero-order valence-electron chi connectivity index (χ0n) is 8.22. The highest BCUT2D eigenvalue weighted by Gasteiger charge is 1.93. The summed E-state index contributed by atoms with van der Waals surface area (Å²) in [6, 6.07) is 9.02. The van der Waals surface area contributed by atoms with Gasteiger partial charge in [0.2, 0.25) is 0 Å². The minimum Gasteiger partial charge on any atom is -0.0812 e. The van der Waals surface area contributed by atoms with E-state index in [2.05, 4.69) is 53.8 Å². The van der Waals surface area contributed by atoms with Crippen molar-refractivity contribution in [1.82, 2.24) is 0 Å². The maximum atomic E-state index is 2.40. The number of alkyl halides is 1. The molecule has 0 aliphatic heterocycles. The number of hydrogen-bond acceptors (Lipinski definition) is 0. The molecule has 0 unspecified atom stereocenters. The highest BCUT2D eigenvalue weighted by molar-refractivity contribution is 14.1. The molecule has 1 aromatic rings. The first kappa shape index (κ1) is 11.0. The van der Waals surface area contributed by atoms with Crippen molar-refractivity contribution in [1.29, 1.82) is 0 Å². The van der Waals surface area contributed by atoms with Gasteiger partial charge < -0.3 is 0 Å². The van der Waals surface area contributed by atoms with Crippen LogP contribution in [0.15, 0.2) is 24.3 Å². The first-order valence-corrected chi connectivity index (χ1v) is 6.53. The van der Waals surface area contributed by atoms with Crippen molar-refractivity contribution in [3.8, 4) is 0 Å². The van der Waals surface area contributed by atoms with Crippen molar-refractivity contribution < 1.29 is 0 Å². The molecule has 0 amide bonds. The Morgan fingerprint density at radius 2 is 1.62 bits per heavy atom. The molecule has 13 heavy (non-hydrogen) atoms. The molecular weight excluding hydrogens is 271 g/mol. The predicted octanol–water partition coefficient (Wildman–Crippen LogP) is 4.35. The summed E-state index contributed by atoms with van der Waals surface area (Å²) in [6.07, 6.45) is 5.25. The van der Waals surface area contributed by atoms with E-state index in [0.29, 0.717) is 0 Å². The molecule has 1 aromatic carbocycles. The summed E-state index contributed by atoms with van der Waals surface area (Å²) in [5.74, 6) is 0. The number of unbranched alkanes of at least 4 members (excludes halogenated alkanes) is 2. The van der Waals surface area contributed by atoms with Crippen LogP contribution in [0.4, 0.5) is 0 Å². The van der Waals surface area contributed by atoms with Gasteiger partial charge in [-0.25, -0.2) is 0 Å². The zero-order chi connectivity index (χ0) is 9.52. The standard InChI is InChI=1S/C12H17I/c1-2-3-4-5-11-6-8-12(10-13)9-7-11/h6-9H,2-5,10H2,1H3. The van der Waals surface area contributed by atoms with Gasteiger partial charge in [-0.05, 0) is 24.0 Å². The first-order chi connectivity index (χ1) is 6.36. The van der Waals surface area contributed by atoms with E-state index in [-0.39, 0.29) is 0 Å². The summed E-state index contributed by atoms with van der Waals surface area (Å²) >= 11 is 2.40. The molecule has 0 heterocycles. The van der Waals surface area contributed by atoms with Crippen LogP contribution in [0.5, 0.6) is 0 Å². The lowest BCUT2D eigenvalue weighted by Crippen LogP contribution is -1.85. The number of aryl methyl sites for hydroxylation is 1. The minimum atomic E-state index is 1.12. The predicted molar refractivity (Wildman–Crippen MR) is 67.4 cm³/mol. The smallest absolute Gasteiger partial charge is 0.0247 e. The van der Waals surface area contributed by atoms with Crippen molar-refractivity contribution >= 4 is 22.6 Å². The Labute approximate surface area is 94.9 Å². The lowest BCUT2D eigenvalue weighted by atomic mass is 10.1. The van der Waals surface area contributed by atoms with Crippen LogP contribution in [0.1, 0.15) is 37.3 Å². The van der Waals surface area contributed by atoms with Crippen LogP contribution in [0, 0.1) is 0 Å². The molecule has 0 aliphatic carbocycles. The second-order valence-corrected chi connectivity index (χ2v) is 4.17. The van der Waals surface area contributed by atoms with E-state index in [4.69, 9.17) is 0 Å². The van der Waals surface area contributed by atoms with Gasteiger partial charge >= 0.3 is 0 Å². The van der Waals surface area contributed by atoms with Crippen molar-refractivity contribution in [3.63, 3.8) is 0 Å². The quantitative estimate of drug-likeness (QED) is 0.429. The number of rotatable bonds is 5. The Bertz CT molecular complexity index is 225. The van der Waals surface area contributed by atoms with Gasteiger partial charge in [-0.2, -0.15) is 0 Å².